The lowest BCUT2D eigenvalue weighted by Gasteiger charge is -2.36. The summed E-state index contributed by atoms with van der Waals surface area (Å²) >= 11 is 0. The Morgan fingerprint density at radius 2 is 1.74 bits per heavy atom. The summed E-state index contributed by atoms with van der Waals surface area (Å²) in [6.45, 7) is 1.09. The van der Waals surface area contributed by atoms with E-state index >= 15 is 0 Å². The van der Waals surface area contributed by atoms with Gasteiger partial charge >= 0.3 is 6.03 Å². The third-order valence-electron chi connectivity index (χ3n) is 8.07. The van der Waals surface area contributed by atoms with Crippen molar-refractivity contribution in [2.75, 3.05) is 18.1 Å². The Morgan fingerprint density at radius 1 is 0.974 bits per heavy atom. The smallest absolute Gasteiger partial charge is 0.332 e. The lowest BCUT2D eigenvalue weighted by Crippen LogP contribution is -2.44. The van der Waals surface area contributed by atoms with Crippen LogP contribution in [0.5, 0.6) is 0 Å². The van der Waals surface area contributed by atoms with E-state index in [1.165, 1.54) is 4.90 Å². The van der Waals surface area contributed by atoms with Crippen molar-refractivity contribution in [2.24, 2.45) is 0 Å². The first-order chi connectivity index (χ1) is 19.1. The molecule has 2 fully saturated rings. The number of para-hydroxylation sites is 2. The number of carbonyl (C=O) groups is 3. The summed E-state index contributed by atoms with van der Waals surface area (Å²) in [5, 5.41) is 3.99. The van der Waals surface area contributed by atoms with Crippen LogP contribution < -0.4 is 10.2 Å². The fourth-order valence-electron chi connectivity index (χ4n) is 6.25. The standard InChI is InChI=1S/C31H28N4O4/c36-29(32-18-20-11-8-16-39-20)22-13-5-7-15-25(22)35-30(37)26-17-23-21-12-4-6-14-24(21)33-27(23)28(34(26)31(35)38)19-9-2-1-3-10-19/h1-7,9-10,12-15,20,26,28,33H,8,11,16-18H2,(H,32,36)/t20-,26-,28-/m0/s1. The third kappa shape index (κ3) is 3.82. The second kappa shape index (κ2) is 9.39. The van der Waals surface area contributed by atoms with Gasteiger partial charge in [0.1, 0.15) is 12.1 Å². The molecular formula is C31H28N4O4. The molecular weight excluding hydrogens is 492 g/mol. The zero-order valence-corrected chi connectivity index (χ0v) is 21.3. The minimum Gasteiger partial charge on any atom is -0.376 e. The molecule has 4 heterocycles. The zero-order chi connectivity index (χ0) is 26.5. The number of nitrogens with zero attached hydrogens (tertiary/aromatic N) is 2. The van der Waals surface area contributed by atoms with Crippen LogP contribution in [-0.4, -0.2) is 53.0 Å². The first kappa shape index (κ1) is 23.7. The van der Waals surface area contributed by atoms with Gasteiger partial charge < -0.3 is 15.0 Å². The zero-order valence-electron chi connectivity index (χ0n) is 21.3. The average molecular weight is 521 g/mol. The van der Waals surface area contributed by atoms with Crippen LogP contribution in [0.3, 0.4) is 0 Å². The Labute approximate surface area is 225 Å². The molecule has 1 aromatic heterocycles. The maximum absolute atomic E-state index is 14.2. The predicted molar refractivity (Wildman–Crippen MR) is 147 cm³/mol. The van der Waals surface area contributed by atoms with Gasteiger partial charge in [0.2, 0.25) is 0 Å². The van der Waals surface area contributed by atoms with Crippen LogP contribution in [0.15, 0.2) is 78.9 Å². The number of hydrogen-bond acceptors (Lipinski definition) is 4. The number of rotatable bonds is 5. The van der Waals surface area contributed by atoms with Gasteiger partial charge in [-0.15, -0.1) is 0 Å². The third-order valence-corrected chi connectivity index (χ3v) is 8.07. The summed E-state index contributed by atoms with van der Waals surface area (Å²) in [7, 11) is 0. The highest BCUT2D eigenvalue weighted by atomic mass is 16.5. The van der Waals surface area contributed by atoms with Gasteiger partial charge in [0, 0.05) is 36.2 Å². The number of H-pyrrole nitrogens is 1. The van der Waals surface area contributed by atoms with Gasteiger partial charge in [0.05, 0.1) is 17.4 Å². The van der Waals surface area contributed by atoms with Gasteiger partial charge in [-0.05, 0) is 42.2 Å². The maximum Gasteiger partial charge on any atom is 0.332 e. The fourth-order valence-corrected chi connectivity index (χ4v) is 6.25. The minimum atomic E-state index is -0.683. The predicted octanol–water partition coefficient (Wildman–Crippen LogP) is 4.56. The molecule has 8 heteroatoms. The van der Waals surface area contributed by atoms with Gasteiger partial charge in [-0.2, -0.15) is 0 Å². The van der Waals surface area contributed by atoms with Crippen molar-refractivity contribution in [3.8, 4) is 0 Å². The number of urea groups is 1. The molecule has 2 saturated heterocycles. The van der Waals surface area contributed by atoms with Crippen molar-refractivity contribution in [3.05, 3.63) is 101 Å². The Balaban J connectivity index is 1.28. The summed E-state index contributed by atoms with van der Waals surface area (Å²) < 4.78 is 5.63. The van der Waals surface area contributed by atoms with E-state index in [4.69, 9.17) is 4.74 Å². The number of benzene rings is 3. The second-order valence-electron chi connectivity index (χ2n) is 10.3. The Hall–Kier alpha value is -4.43. The van der Waals surface area contributed by atoms with Crippen molar-refractivity contribution in [3.63, 3.8) is 0 Å². The molecule has 3 aromatic carbocycles. The molecule has 2 N–H and O–H groups in total. The maximum atomic E-state index is 14.2. The van der Waals surface area contributed by atoms with Crippen molar-refractivity contribution < 1.29 is 19.1 Å². The minimum absolute atomic E-state index is 0.0133. The van der Waals surface area contributed by atoms with Crippen molar-refractivity contribution >= 4 is 34.4 Å². The van der Waals surface area contributed by atoms with E-state index in [1.54, 1.807) is 29.2 Å². The number of ether oxygens (including phenoxy) is 1. The summed E-state index contributed by atoms with van der Waals surface area (Å²) in [6.07, 6.45) is 2.26. The van der Waals surface area contributed by atoms with Crippen LogP contribution in [0, 0.1) is 0 Å². The molecule has 196 valence electrons. The van der Waals surface area contributed by atoms with Crippen molar-refractivity contribution in [2.45, 2.75) is 37.5 Å². The number of nitrogens with one attached hydrogen (secondary N) is 2. The van der Waals surface area contributed by atoms with E-state index in [9.17, 15) is 14.4 Å². The molecule has 4 amide bonds. The summed E-state index contributed by atoms with van der Waals surface area (Å²) in [4.78, 5) is 47.9. The van der Waals surface area contributed by atoms with Gasteiger partial charge in [-0.1, -0.05) is 60.7 Å². The lowest BCUT2D eigenvalue weighted by molar-refractivity contribution is -0.120. The van der Waals surface area contributed by atoms with E-state index in [2.05, 4.69) is 16.4 Å². The Bertz CT molecular complexity index is 1590. The molecule has 0 aliphatic carbocycles. The molecule has 0 spiro atoms. The van der Waals surface area contributed by atoms with Crippen molar-refractivity contribution in [1.82, 2.24) is 15.2 Å². The summed E-state index contributed by atoms with van der Waals surface area (Å²) in [6, 6.07) is 23.0. The SMILES string of the molecule is O=C(NC[C@@H]1CCCO1)c1ccccc1N1C(=O)[C@@H]2Cc3c([nH]c4ccccc34)[C@H](c3ccccc3)N2C1=O. The van der Waals surface area contributed by atoms with Gasteiger partial charge in [0.25, 0.3) is 11.8 Å². The molecule has 0 saturated carbocycles. The Kier molecular flexibility index (Phi) is 5.70. The molecule has 3 aliphatic rings. The van der Waals surface area contributed by atoms with Gasteiger partial charge in [-0.3, -0.25) is 14.5 Å². The van der Waals surface area contributed by atoms with Crippen LogP contribution in [0.4, 0.5) is 10.5 Å². The highest BCUT2D eigenvalue weighted by Gasteiger charge is 2.53. The van der Waals surface area contributed by atoms with E-state index in [-0.39, 0.29) is 23.5 Å². The van der Waals surface area contributed by atoms with Crippen LogP contribution in [0.1, 0.15) is 46.1 Å². The molecule has 3 aliphatic heterocycles. The fraction of sp³-hybridized carbons (Fsp3) is 0.258. The number of amides is 4. The summed E-state index contributed by atoms with van der Waals surface area (Å²) in [5.41, 5.74) is 4.45. The molecule has 0 radical (unpaired) electrons. The van der Waals surface area contributed by atoms with Crippen LogP contribution >= 0.6 is 0 Å². The topological polar surface area (TPSA) is 94.7 Å². The van der Waals surface area contributed by atoms with Crippen LogP contribution in [0.25, 0.3) is 10.9 Å². The number of hydrogen-bond donors (Lipinski definition) is 2. The number of anilines is 1. The van der Waals surface area contributed by atoms with E-state index in [0.29, 0.717) is 25.3 Å². The normalized spacial score (nSPS) is 22.3. The molecule has 3 atom stereocenters. The second-order valence-corrected chi connectivity index (χ2v) is 10.3. The highest BCUT2D eigenvalue weighted by molar-refractivity contribution is 6.24. The first-order valence-corrected chi connectivity index (χ1v) is 13.4. The number of imide groups is 1. The van der Waals surface area contributed by atoms with Crippen LogP contribution in [0.2, 0.25) is 0 Å². The van der Waals surface area contributed by atoms with Gasteiger partial charge in [-0.25, -0.2) is 9.69 Å². The monoisotopic (exact) mass is 520 g/mol. The molecule has 0 unspecified atom stereocenters. The highest BCUT2D eigenvalue weighted by Crippen LogP contribution is 2.45. The number of carbonyl (C=O) groups excluding carboxylic acids is 3. The molecule has 7 rings (SSSR count). The van der Waals surface area contributed by atoms with Crippen molar-refractivity contribution in [1.29, 1.82) is 0 Å². The van der Waals surface area contributed by atoms with E-state index in [0.717, 1.165) is 40.6 Å². The molecule has 8 nitrogen and oxygen atoms in total. The van der Waals surface area contributed by atoms with Crippen LogP contribution in [-0.2, 0) is 16.0 Å². The Morgan fingerprint density at radius 3 is 2.56 bits per heavy atom. The van der Waals surface area contributed by atoms with E-state index < -0.39 is 18.1 Å². The quantitative estimate of drug-likeness (QED) is 0.377. The van der Waals surface area contributed by atoms with Gasteiger partial charge in [0.15, 0.2) is 0 Å². The number of aromatic nitrogens is 1. The number of aromatic amines is 1. The van der Waals surface area contributed by atoms with E-state index in [1.807, 2.05) is 48.5 Å². The lowest BCUT2D eigenvalue weighted by atomic mass is 9.89. The average Bonchev–Trinajstić information content (AvgIpc) is 3.68. The molecule has 39 heavy (non-hydrogen) atoms. The number of fused-ring (bicyclic) bond motifs is 4. The largest absolute Gasteiger partial charge is 0.376 e. The first-order valence-electron chi connectivity index (χ1n) is 13.4. The summed E-state index contributed by atoms with van der Waals surface area (Å²) in [5.74, 6) is -0.654. The molecule has 4 aromatic rings. The molecule has 0 bridgehead atoms.